The van der Waals surface area contributed by atoms with Gasteiger partial charge in [-0.05, 0) is 12.8 Å². The molecule has 0 fully saturated rings. The molecule has 0 atom stereocenters. The van der Waals surface area contributed by atoms with Crippen molar-refractivity contribution in [3.8, 4) is 0 Å². The van der Waals surface area contributed by atoms with Gasteiger partial charge in [-0.1, -0.05) is 18.5 Å². The number of rotatable bonds is 2. The molecule has 2 nitrogen and oxygen atoms in total. The average Bonchev–Trinajstić information content (AvgIpc) is 2.03. The summed E-state index contributed by atoms with van der Waals surface area (Å²) >= 11 is 5.79. The summed E-state index contributed by atoms with van der Waals surface area (Å²) in [7, 11) is 0. The summed E-state index contributed by atoms with van der Waals surface area (Å²) in [5.74, 6) is -0.206. The molecule has 0 aromatic carbocycles. The number of carbonyl (C=O) groups excluding carboxylic acids is 2. The fourth-order valence-corrected chi connectivity index (χ4v) is 1.63. The van der Waals surface area contributed by atoms with E-state index in [9.17, 15) is 9.59 Å². The fourth-order valence-electron chi connectivity index (χ4n) is 1.29. The van der Waals surface area contributed by atoms with E-state index in [1.54, 1.807) is 6.92 Å². The van der Waals surface area contributed by atoms with Crippen LogP contribution in [0, 0.1) is 0 Å². The van der Waals surface area contributed by atoms with Crippen LogP contribution in [0.4, 0.5) is 0 Å². The zero-order valence-corrected chi connectivity index (χ0v) is 7.78. The molecular weight excluding hydrogens is 176 g/mol. The Kier molecular flexibility index (Phi) is 3.04. The molecule has 0 N–H and O–H groups in total. The van der Waals surface area contributed by atoms with E-state index in [2.05, 4.69) is 0 Å². The first-order valence-corrected chi connectivity index (χ1v) is 4.49. The molecule has 3 heteroatoms. The summed E-state index contributed by atoms with van der Waals surface area (Å²) in [5.41, 5.74) is 0.255. The largest absolute Gasteiger partial charge is 0.294 e. The third-order valence-electron chi connectivity index (χ3n) is 1.95. The minimum atomic E-state index is -0.121. The second-order valence-corrected chi connectivity index (χ2v) is 3.29. The quantitative estimate of drug-likeness (QED) is 0.620. The van der Waals surface area contributed by atoms with E-state index in [0.717, 1.165) is 6.42 Å². The Labute approximate surface area is 76.6 Å². The van der Waals surface area contributed by atoms with Gasteiger partial charge in [-0.2, -0.15) is 0 Å². The summed E-state index contributed by atoms with van der Waals surface area (Å²) in [6.07, 6.45) is 2.28. The van der Waals surface area contributed by atoms with Gasteiger partial charge in [-0.3, -0.25) is 9.59 Å². The molecule has 66 valence electrons. The van der Waals surface area contributed by atoms with E-state index >= 15 is 0 Å². The second kappa shape index (κ2) is 3.85. The molecule has 1 rings (SSSR count). The highest BCUT2D eigenvalue weighted by atomic mass is 35.5. The third kappa shape index (κ3) is 1.75. The highest BCUT2D eigenvalue weighted by Crippen LogP contribution is 2.25. The Bertz CT molecular complexity index is 253. The van der Waals surface area contributed by atoms with Crippen LogP contribution in [0.3, 0.4) is 0 Å². The molecule has 0 amide bonds. The number of hydrogen-bond donors (Lipinski definition) is 0. The number of ketones is 2. The lowest BCUT2D eigenvalue weighted by Crippen LogP contribution is -2.17. The van der Waals surface area contributed by atoms with E-state index < -0.39 is 0 Å². The predicted octanol–water partition coefficient (Wildman–Crippen LogP) is 2.21. The van der Waals surface area contributed by atoms with E-state index in [1.807, 2.05) is 0 Å². The molecule has 0 aliphatic heterocycles. The zero-order chi connectivity index (χ0) is 9.14. The van der Waals surface area contributed by atoms with Gasteiger partial charge < -0.3 is 0 Å². The Balaban J connectivity index is 2.96. The van der Waals surface area contributed by atoms with Crippen LogP contribution in [0.2, 0.25) is 0 Å². The van der Waals surface area contributed by atoms with Crippen molar-refractivity contribution in [2.75, 3.05) is 0 Å². The topological polar surface area (TPSA) is 34.1 Å². The van der Waals surface area contributed by atoms with Crippen LogP contribution in [0.25, 0.3) is 0 Å². The number of carbonyl (C=O) groups is 2. The molecule has 0 heterocycles. The number of Topliss-reactive ketones (excluding diaryl/α,β-unsaturated/α-hetero) is 2. The number of hydrogen-bond acceptors (Lipinski definition) is 2. The van der Waals surface area contributed by atoms with Gasteiger partial charge in [0.05, 0.1) is 5.57 Å². The summed E-state index contributed by atoms with van der Waals surface area (Å²) in [4.78, 5) is 22.5. The molecule has 0 saturated carbocycles. The molecule has 0 unspecified atom stereocenters. The van der Waals surface area contributed by atoms with Crippen molar-refractivity contribution in [1.29, 1.82) is 0 Å². The van der Waals surface area contributed by atoms with Gasteiger partial charge in [0.25, 0.3) is 0 Å². The van der Waals surface area contributed by atoms with Crippen LogP contribution < -0.4 is 0 Å². The predicted molar refractivity (Wildman–Crippen MR) is 47.0 cm³/mol. The average molecular weight is 187 g/mol. The SMILES string of the molecule is CCC(=O)C1=C(Cl)CCCC1=O. The normalized spacial score (nSPS) is 18.3. The molecule has 0 bridgehead atoms. The minimum absolute atomic E-state index is 0.0851. The lowest BCUT2D eigenvalue weighted by molar-refractivity contribution is -0.121. The first kappa shape index (κ1) is 9.46. The van der Waals surface area contributed by atoms with Crippen molar-refractivity contribution in [2.24, 2.45) is 0 Å². The van der Waals surface area contributed by atoms with Crippen molar-refractivity contribution in [1.82, 2.24) is 0 Å². The summed E-state index contributed by atoms with van der Waals surface area (Å²) in [5, 5.41) is 0.457. The van der Waals surface area contributed by atoms with Gasteiger partial charge in [0.2, 0.25) is 0 Å². The van der Waals surface area contributed by atoms with Gasteiger partial charge in [0.15, 0.2) is 11.6 Å². The van der Waals surface area contributed by atoms with Crippen molar-refractivity contribution in [3.05, 3.63) is 10.6 Å². The molecular formula is C9H11ClO2. The fraction of sp³-hybridized carbons (Fsp3) is 0.556. The first-order valence-electron chi connectivity index (χ1n) is 4.11. The van der Waals surface area contributed by atoms with E-state index in [0.29, 0.717) is 24.3 Å². The smallest absolute Gasteiger partial charge is 0.167 e. The van der Waals surface area contributed by atoms with E-state index in [4.69, 9.17) is 11.6 Å². The van der Waals surface area contributed by atoms with E-state index in [1.165, 1.54) is 0 Å². The molecule has 12 heavy (non-hydrogen) atoms. The number of halogens is 1. The van der Waals surface area contributed by atoms with Crippen LogP contribution in [-0.4, -0.2) is 11.6 Å². The second-order valence-electron chi connectivity index (χ2n) is 2.83. The molecule has 0 aromatic rings. The third-order valence-corrected chi connectivity index (χ3v) is 2.33. The molecule has 1 aliphatic carbocycles. The molecule has 0 spiro atoms. The standard InChI is InChI=1S/C9H11ClO2/c1-2-7(11)9-6(10)4-3-5-8(9)12/h2-5H2,1H3. The molecule has 0 aromatic heterocycles. The summed E-state index contributed by atoms with van der Waals surface area (Å²) in [6.45, 7) is 1.74. The lowest BCUT2D eigenvalue weighted by Gasteiger charge is -2.12. The van der Waals surface area contributed by atoms with Crippen molar-refractivity contribution in [2.45, 2.75) is 32.6 Å². The van der Waals surface area contributed by atoms with Gasteiger partial charge >= 0.3 is 0 Å². The Morgan fingerprint density at radius 2 is 2.17 bits per heavy atom. The molecule has 1 aliphatic rings. The highest BCUT2D eigenvalue weighted by Gasteiger charge is 2.23. The van der Waals surface area contributed by atoms with Crippen LogP contribution in [0.1, 0.15) is 32.6 Å². The summed E-state index contributed by atoms with van der Waals surface area (Å²) in [6, 6.07) is 0. The van der Waals surface area contributed by atoms with Crippen molar-refractivity contribution >= 4 is 23.2 Å². The van der Waals surface area contributed by atoms with Crippen LogP contribution in [0.5, 0.6) is 0 Å². The Hall–Kier alpha value is -0.630. The van der Waals surface area contributed by atoms with Crippen LogP contribution in [0.15, 0.2) is 10.6 Å². The molecule has 0 saturated heterocycles. The lowest BCUT2D eigenvalue weighted by atomic mass is 9.94. The maximum absolute atomic E-state index is 11.2. The monoisotopic (exact) mass is 186 g/mol. The Morgan fingerprint density at radius 3 is 2.67 bits per heavy atom. The van der Waals surface area contributed by atoms with Crippen molar-refractivity contribution in [3.63, 3.8) is 0 Å². The van der Waals surface area contributed by atoms with E-state index in [-0.39, 0.29) is 17.1 Å². The first-order chi connectivity index (χ1) is 5.66. The maximum Gasteiger partial charge on any atom is 0.167 e. The van der Waals surface area contributed by atoms with Gasteiger partial charge in [-0.25, -0.2) is 0 Å². The number of allylic oxidation sites excluding steroid dienone is 2. The Morgan fingerprint density at radius 1 is 1.50 bits per heavy atom. The maximum atomic E-state index is 11.2. The van der Waals surface area contributed by atoms with Crippen LogP contribution in [-0.2, 0) is 9.59 Å². The molecule has 0 radical (unpaired) electrons. The van der Waals surface area contributed by atoms with Crippen molar-refractivity contribution < 1.29 is 9.59 Å². The van der Waals surface area contributed by atoms with Gasteiger partial charge in [-0.15, -0.1) is 0 Å². The zero-order valence-electron chi connectivity index (χ0n) is 7.02. The van der Waals surface area contributed by atoms with Gasteiger partial charge in [0, 0.05) is 17.9 Å². The minimum Gasteiger partial charge on any atom is -0.294 e. The highest BCUT2D eigenvalue weighted by molar-refractivity contribution is 6.37. The van der Waals surface area contributed by atoms with Crippen LogP contribution >= 0.6 is 11.6 Å². The van der Waals surface area contributed by atoms with Gasteiger partial charge in [0.1, 0.15) is 0 Å². The summed E-state index contributed by atoms with van der Waals surface area (Å²) < 4.78 is 0.